The highest BCUT2D eigenvalue weighted by Crippen LogP contribution is 2.46. The van der Waals surface area contributed by atoms with Crippen LogP contribution in [0, 0.1) is 18.8 Å². The molecule has 0 aromatic heterocycles. The first kappa shape index (κ1) is 14.0. The van der Waals surface area contributed by atoms with E-state index in [9.17, 15) is 8.78 Å². The summed E-state index contributed by atoms with van der Waals surface area (Å²) in [6.07, 6.45) is 1.49. The molecule has 1 unspecified atom stereocenters. The summed E-state index contributed by atoms with van der Waals surface area (Å²) in [5.41, 5.74) is 0. The SMILES string of the molecule is C=C(OCCNCC[CH2+])/C(F)=C(/F)[C@H]1CC1C. The predicted molar refractivity (Wildman–Crippen MR) is 64.4 cm³/mol. The van der Waals surface area contributed by atoms with E-state index in [1.165, 1.54) is 0 Å². The molecule has 1 aliphatic rings. The first-order valence-corrected chi connectivity index (χ1v) is 5.95. The summed E-state index contributed by atoms with van der Waals surface area (Å²) in [6, 6.07) is 0. The van der Waals surface area contributed by atoms with Gasteiger partial charge in [0.2, 0.25) is 0 Å². The van der Waals surface area contributed by atoms with E-state index < -0.39 is 11.7 Å². The highest BCUT2D eigenvalue weighted by molar-refractivity contribution is 5.24. The Bertz CT molecular complexity index is 302. The molecule has 0 spiro atoms. The van der Waals surface area contributed by atoms with Crippen LogP contribution in [0.15, 0.2) is 24.0 Å². The number of ether oxygens (including phenoxy) is 1. The van der Waals surface area contributed by atoms with Crippen LogP contribution < -0.4 is 5.32 Å². The van der Waals surface area contributed by atoms with Gasteiger partial charge in [0.1, 0.15) is 12.4 Å². The second-order valence-electron chi connectivity index (χ2n) is 4.36. The first-order valence-electron chi connectivity index (χ1n) is 5.95. The van der Waals surface area contributed by atoms with E-state index in [1.54, 1.807) is 0 Å². The van der Waals surface area contributed by atoms with Gasteiger partial charge in [0.25, 0.3) is 0 Å². The molecule has 2 atom stereocenters. The highest BCUT2D eigenvalue weighted by atomic mass is 19.2. The van der Waals surface area contributed by atoms with Crippen molar-refractivity contribution in [2.45, 2.75) is 19.8 Å². The third-order valence-corrected chi connectivity index (χ3v) is 2.80. The molecular weight excluding hydrogens is 224 g/mol. The van der Waals surface area contributed by atoms with E-state index in [1.807, 2.05) is 6.92 Å². The minimum absolute atomic E-state index is 0.210. The van der Waals surface area contributed by atoms with Crippen molar-refractivity contribution in [1.29, 1.82) is 0 Å². The molecule has 2 nitrogen and oxygen atoms in total. The Balaban J connectivity index is 2.27. The quantitative estimate of drug-likeness (QED) is 0.306. The van der Waals surface area contributed by atoms with Gasteiger partial charge in [-0.3, -0.25) is 0 Å². The summed E-state index contributed by atoms with van der Waals surface area (Å²) in [5.74, 6) is -1.91. The fraction of sp³-hybridized carbons (Fsp3) is 0.615. The van der Waals surface area contributed by atoms with Crippen molar-refractivity contribution >= 4 is 0 Å². The summed E-state index contributed by atoms with van der Waals surface area (Å²) in [6.45, 7) is 10.6. The van der Waals surface area contributed by atoms with Crippen LogP contribution >= 0.6 is 0 Å². The van der Waals surface area contributed by atoms with Crippen LogP contribution in [-0.2, 0) is 4.74 Å². The standard InChI is InChI=1S/C13H20F2NO/c1-4-5-16-6-7-17-10(3)12(14)13(15)11-8-9(11)2/h9,11,16H,1,3-8H2,2H3/q+1/b13-12-/t9?,11-/m0/s1. The van der Waals surface area contributed by atoms with E-state index in [4.69, 9.17) is 4.74 Å². The Morgan fingerprint density at radius 2 is 2.12 bits per heavy atom. The second-order valence-corrected chi connectivity index (χ2v) is 4.36. The second kappa shape index (κ2) is 6.64. The van der Waals surface area contributed by atoms with Gasteiger partial charge in [-0.25, -0.2) is 8.78 Å². The molecule has 0 saturated heterocycles. The number of allylic oxidation sites excluding steroid dienone is 2. The van der Waals surface area contributed by atoms with Crippen LogP contribution in [0.4, 0.5) is 8.78 Å². The fourth-order valence-corrected chi connectivity index (χ4v) is 1.53. The van der Waals surface area contributed by atoms with Gasteiger partial charge in [0.05, 0.1) is 13.3 Å². The van der Waals surface area contributed by atoms with Gasteiger partial charge in [-0.15, -0.1) is 0 Å². The number of rotatable bonds is 8. The van der Waals surface area contributed by atoms with Gasteiger partial charge in [-0.05, 0) is 12.3 Å². The van der Waals surface area contributed by atoms with Gasteiger partial charge < -0.3 is 10.1 Å². The minimum Gasteiger partial charge on any atom is -0.490 e. The average Bonchev–Trinajstić information content (AvgIpc) is 3.04. The molecule has 1 rings (SSSR count). The normalized spacial score (nSPS) is 24.2. The lowest BCUT2D eigenvalue weighted by atomic mass is 10.2. The molecule has 96 valence electrons. The van der Waals surface area contributed by atoms with Crippen molar-refractivity contribution in [1.82, 2.24) is 5.32 Å². The lowest BCUT2D eigenvalue weighted by molar-refractivity contribution is 0.207. The van der Waals surface area contributed by atoms with Gasteiger partial charge in [-0.2, -0.15) is 0 Å². The van der Waals surface area contributed by atoms with E-state index in [0.29, 0.717) is 13.0 Å². The maximum Gasteiger partial charge on any atom is 0.196 e. The highest BCUT2D eigenvalue weighted by Gasteiger charge is 2.39. The van der Waals surface area contributed by atoms with E-state index in [-0.39, 0.29) is 24.2 Å². The zero-order valence-electron chi connectivity index (χ0n) is 10.3. The van der Waals surface area contributed by atoms with Crippen LogP contribution in [0.25, 0.3) is 0 Å². The zero-order valence-corrected chi connectivity index (χ0v) is 10.3. The molecule has 0 heterocycles. The molecule has 0 amide bonds. The molecule has 0 aliphatic heterocycles. The van der Waals surface area contributed by atoms with Crippen molar-refractivity contribution in [2.24, 2.45) is 11.8 Å². The van der Waals surface area contributed by atoms with Gasteiger partial charge in [0.15, 0.2) is 11.6 Å². The molecule has 0 aromatic rings. The molecule has 1 fully saturated rings. The smallest absolute Gasteiger partial charge is 0.196 e. The molecule has 0 radical (unpaired) electrons. The first-order chi connectivity index (χ1) is 8.07. The molecule has 1 N–H and O–H groups in total. The molecule has 17 heavy (non-hydrogen) atoms. The van der Waals surface area contributed by atoms with Crippen LogP contribution in [0.3, 0.4) is 0 Å². The Kier molecular flexibility index (Phi) is 5.48. The topological polar surface area (TPSA) is 21.3 Å². The molecule has 0 aromatic carbocycles. The molecule has 4 heteroatoms. The maximum absolute atomic E-state index is 13.5. The molecule has 1 saturated carbocycles. The van der Waals surface area contributed by atoms with Crippen molar-refractivity contribution in [3.63, 3.8) is 0 Å². The van der Waals surface area contributed by atoms with Crippen LogP contribution in [-0.4, -0.2) is 19.7 Å². The number of hydrogen-bond acceptors (Lipinski definition) is 2. The van der Waals surface area contributed by atoms with Crippen molar-refractivity contribution in [2.75, 3.05) is 19.7 Å². The maximum atomic E-state index is 13.5. The molecule has 0 bridgehead atoms. The Labute approximate surface area is 102 Å². The van der Waals surface area contributed by atoms with Crippen LogP contribution in [0.2, 0.25) is 0 Å². The van der Waals surface area contributed by atoms with Gasteiger partial charge >= 0.3 is 0 Å². The largest absolute Gasteiger partial charge is 0.490 e. The Morgan fingerprint density at radius 1 is 1.47 bits per heavy atom. The minimum atomic E-state index is -0.934. The molecule has 1 aliphatic carbocycles. The number of hydrogen-bond donors (Lipinski definition) is 1. The lowest BCUT2D eigenvalue weighted by Crippen LogP contribution is -2.20. The third-order valence-electron chi connectivity index (χ3n) is 2.80. The van der Waals surface area contributed by atoms with Gasteiger partial charge in [0, 0.05) is 19.0 Å². The van der Waals surface area contributed by atoms with E-state index >= 15 is 0 Å². The summed E-state index contributed by atoms with van der Waals surface area (Å²) >= 11 is 0. The van der Waals surface area contributed by atoms with Crippen molar-refractivity contribution < 1.29 is 13.5 Å². The van der Waals surface area contributed by atoms with E-state index in [2.05, 4.69) is 18.8 Å². The van der Waals surface area contributed by atoms with Crippen LogP contribution in [0.5, 0.6) is 0 Å². The third kappa shape index (κ3) is 4.38. The van der Waals surface area contributed by atoms with E-state index in [0.717, 1.165) is 13.0 Å². The summed E-state index contributed by atoms with van der Waals surface area (Å²) in [4.78, 5) is 0. The average molecular weight is 244 g/mol. The lowest BCUT2D eigenvalue weighted by Gasteiger charge is -2.08. The Hall–Kier alpha value is -1.03. The van der Waals surface area contributed by atoms with Crippen molar-refractivity contribution in [3.8, 4) is 0 Å². The molecular formula is C13H20F2NO+. The zero-order chi connectivity index (χ0) is 12.8. The summed E-state index contributed by atoms with van der Waals surface area (Å²) in [7, 11) is 0. The van der Waals surface area contributed by atoms with Crippen molar-refractivity contribution in [3.05, 3.63) is 30.9 Å². The fourth-order valence-electron chi connectivity index (χ4n) is 1.53. The number of halogens is 2. The van der Waals surface area contributed by atoms with Crippen LogP contribution in [0.1, 0.15) is 19.8 Å². The monoisotopic (exact) mass is 244 g/mol. The number of nitrogens with one attached hydrogen (secondary N) is 1. The Morgan fingerprint density at radius 3 is 2.65 bits per heavy atom. The summed E-state index contributed by atoms with van der Waals surface area (Å²) in [5, 5.41) is 3.04. The van der Waals surface area contributed by atoms with Gasteiger partial charge in [-0.1, -0.05) is 13.5 Å². The predicted octanol–water partition coefficient (Wildman–Crippen LogP) is 3.14. The summed E-state index contributed by atoms with van der Waals surface area (Å²) < 4.78 is 32.0.